The highest BCUT2D eigenvalue weighted by Gasteiger charge is 2.55. The van der Waals surface area contributed by atoms with Crippen molar-refractivity contribution in [1.29, 1.82) is 0 Å². The lowest BCUT2D eigenvalue weighted by Crippen LogP contribution is -2.54. The second-order valence-electron chi connectivity index (χ2n) is 7.68. The summed E-state index contributed by atoms with van der Waals surface area (Å²) in [6.07, 6.45) is 3.57. The van der Waals surface area contributed by atoms with Crippen LogP contribution in [0, 0.1) is 12.8 Å². The zero-order valence-corrected chi connectivity index (χ0v) is 15.7. The number of rotatable bonds is 4. The molecule has 1 saturated carbocycles. The summed E-state index contributed by atoms with van der Waals surface area (Å²) < 4.78 is 0. The molecular formula is C20H27N3O3. The number of urea groups is 1. The van der Waals surface area contributed by atoms with E-state index in [2.05, 4.69) is 5.32 Å². The van der Waals surface area contributed by atoms with Gasteiger partial charge in [0.1, 0.15) is 12.1 Å². The maximum absolute atomic E-state index is 12.9. The Morgan fingerprint density at radius 3 is 2.62 bits per heavy atom. The van der Waals surface area contributed by atoms with Crippen LogP contribution in [0.2, 0.25) is 0 Å². The van der Waals surface area contributed by atoms with Crippen molar-refractivity contribution in [1.82, 2.24) is 15.1 Å². The first-order chi connectivity index (χ1) is 12.3. The highest BCUT2D eigenvalue weighted by Crippen LogP contribution is 2.38. The molecule has 1 aromatic rings. The van der Waals surface area contributed by atoms with Crippen molar-refractivity contribution in [3.63, 3.8) is 0 Å². The summed E-state index contributed by atoms with van der Waals surface area (Å²) in [7, 11) is 1.69. The van der Waals surface area contributed by atoms with Crippen LogP contribution in [0.15, 0.2) is 24.3 Å². The number of imide groups is 1. The lowest BCUT2D eigenvalue weighted by atomic mass is 9.73. The van der Waals surface area contributed by atoms with Crippen LogP contribution < -0.4 is 5.32 Å². The average Bonchev–Trinajstić information content (AvgIpc) is 2.84. The quantitative estimate of drug-likeness (QED) is 0.842. The van der Waals surface area contributed by atoms with Gasteiger partial charge in [-0.3, -0.25) is 14.5 Å². The number of benzene rings is 1. The summed E-state index contributed by atoms with van der Waals surface area (Å²) in [5.41, 5.74) is 1.36. The lowest BCUT2D eigenvalue weighted by molar-refractivity contribution is -0.140. The SMILES string of the molecule is Cc1ccc(CN(C)C(=O)CN2C(=O)N[C@]3(CCCC[C@H]3C)C2=O)cc1. The van der Waals surface area contributed by atoms with Gasteiger partial charge < -0.3 is 10.2 Å². The number of hydrogen-bond acceptors (Lipinski definition) is 3. The van der Waals surface area contributed by atoms with Gasteiger partial charge in [-0.05, 0) is 31.2 Å². The predicted molar refractivity (Wildman–Crippen MR) is 98.3 cm³/mol. The molecule has 6 heteroatoms. The summed E-state index contributed by atoms with van der Waals surface area (Å²) in [6, 6.07) is 7.51. The topological polar surface area (TPSA) is 69.7 Å². The third-order valence-corrected chi connectivity index (χ3v) is 5.76. The number of nitrogens with one attached hydrogen (secondary N) is 1. The Morgan fingerprint density at radius 1 is 1.27 bits per heavy atom. The van der Waals surface area contributed by atoms with Gasteiger partial charge in [0, 0.05) is 13.6 Å². The molecular weight excluding hydrogens is 330 g/mol. The van der Waals surface area contributed by atoms with Gasteiger partial charge in [-0.15, -0.1) is 0 Å². The van der Waals surface area contributed by atoms with Crippen LogP contribution in [0.4, 0.5) is 4.79 Å². The molecule has 140 valence electrons. The molecule has 1 aliphatic carbocycles. The van der Waals surface area contributed by atoms with Crippen LogP contribution in [0.1, 0.15) is 43.7 Å². The minimum atomic E-state index is -0.814. The Morgan fingerprint density at radius 2 is 1.96 bits per heavy atom. The van der Waals surface area contributed by atoms with E-state index in [9.17, 15) is 14.4 Å². The first kappa shape index (κ1) is 18.4. The van der Waals surface area contributed by atoms with E-state index in [1.54, 1.807) is 11.9 Å². The van der Waals surface area contributed by atoms with Crippen molar-refractivity contribution in [2.75, 3.05) is 13.6 Å². The Kier molecular flexibility index (Phi) is 5.03. The smallest absolute Gasteiger partial charge is 0.325 e. The molecule has 3 rings (SSSR count). The predicted octanol–water partition coefficient (Wildman–Crippen LogP) is 2.45. The van der Waals surface area contributed by atoms with Crippen molar-refractivity contribution in [2.24, 2.45) is 5.92 Å². The van der Waals surface area contributed by atoms with E-state index in [-0.39, 0.29) is 24.3 Å². The van der Waals surface area contributed by atoms with E-state index in [1.807, 2.05) is 38.1 Å². The normalized spacial score (nSPS) is 25.5. The van der Waals surface area contributed by atoms with Crippen molar-refractivity contribution in [3.8, 4) is 0 Å². The van der Waals surface area contributed by atoms with Crippen molar-refractivity contribution in [2.45, 2.75) is 51.6 Å². The molecule has 1 spiro atoms. The Hall–Kier alpha value is -2.37. The van der Waals surface area contributed by atoms with Crippen LogP contribution in [-0.2, 0) is 16.1 Å². The van der Waals surface area contributed by atoms with Crippen molar-refractivity contribution < 1.29 is 14.4 Å². The minimum Gasteiger partial charge on any atom is -0.340 e. The molecule has 0 radical (unpaired) electrons. The van der Waals surface area contributed by atoms with Gasteiger partial charge in [-0.2, -0.15) is 0 Å². The second-order valence-corrected chi connectivity index (χ2v) is 7.68. The number of carbonyl (C=O) groups is 3. The molecule has 1 saturated heterocycles. The number of carbonyl (C=O) groups excluding carboxylic acids is 3. The number of hydrogen-bond donors (Lipinski definition) is 1. The summed E-state index contributed by atoms with van der Waals surface area (Å²) in [5, 5.41) is 2.89. The van der Waals surface area contributed by atoms with E-state index in [4.69, 9.17) is 0 Å². The van der Waals surface area contributed by atoms with Crippen LogP contribution >= 0.6 is 0 Å². The molecule has 26 heavy (non-hydrogen) atoms. The summed E-state index contributed by atoms with van der Waals surface area (Å²) in [4.78, 5) is 40.5. The van der Waals surface area contributed by atoms with Gasteiger partial charge in [0.15, 0.2) is 0 Å². The van der Waals surface area contributed by atoms with E-state index >= 15 is 0 Å². The molecule has 6 nitrogen and oxygen atoms in total. The highest BCUT2D eigenvalue weighted by atomic mass is 16.2. The maximum Gasteiger partial charge on any atom is 0.325 e. The summed E-state index contributed by atoms with van der Waals surface area (Å²) >= 11 is 0. The maximum atomic E-state index is 12.9. The van der Waals surface area contributed by atoms with Crippen LogP contribution in [-0.4, -0.2) is 46.8 Å². The van der Waals surface area contributed by atoms with E-state index in [1.165, 1.54) is 0 Å². The summed E-state index contributed by atoms with van der Waals surface area (Å²) in [6.45, 7) is 4.26. The highest BCUT2D eigenvalue weighted by molar-refractivity contribution is 6.09. The molecule has 0 unspecified atom stereocenters. The standard InChI is InChI=1S/C20H27N3O3/c1-14-7-9-16(10-8-14)12-22(3)17(24)13-23-18(25)20(21-19(23)26)11-5-4-6-15(20)2/h7-10,15H,4-6,11-13H2,1-3H3,(H,21,26)/t15-,20+/m1/s1. The van der Waals surface area contributed by atoms with Gasteiger partial charge in [-0.25, -0.2) is 4.79 Å². The third-order valence-electron chi connectivity index (χ3n) is 5.76. The molecule has 2 fully saturated rings. The van der Waals surface area contributed by atoms with Crippen LogP contribution in [0.25, 0.3) is 0 Å². The zero-order valence-electron chi connectivity index (χ0n) is 15.7. The molecule has 1 N–H and O–H groups in total. The second kappa shape index (κ2) is 7.09. The molecule has 2 aliphatic rings. The molecule has 4 amide bonds. The minimum absolute atomic E-state index is 0.0955. The molecule has 1 heterocycles. The Bertz CT molecular complexity index is 716. The van der Waals surface area contributed by atoms with Gasteiger partial charge in [-0.1, -0.05) is 49.6 Å². The number of amides is 4. The number of likely N-dealkylation sites (N-methyl/N-ethyl adjacent to an activating group) is 1. The lowest BCUT2D eigenvalue weighted by Gasteiger charge is -2.36. The van der Waals surface area contributed by atoms with Crippen LogP contribution in [0.5, 0.6) is 0 Å². The first-order valence-corrected chi connectivity index (χ1v) is 9.27. The molecule has 0 aromatic heterocycles. The van der Waals surface area contributed by atoms with Crippen molar-refractivity contribution in [3.05, 3.63) is 35.4 Å². The van der Waals surface area contributed by atoms with Gasteiger partial charge in [0.25, 0.3) is 5.91 Å². The summed E-state index contributed by atoms with van der Waals surface area (Å²) in [5.74, 6) is -0.389. The third kappa shape index (κ3) is 3.32. The largest absolute Gasteiger partial charge is 0.340 e. The van der Waals surface area contributed by atoms with E-state index < -0.39 is 11.6 Å². The molecule has 1 aromatic carbocycles. The average molecular weight is 357 g/mol. The van der Waals surface area contributed by atoms with E-state index in [0.29, 0.717) is 13.0 Å². The Labute approximate surface area is 154 Å². The van der Waals surface area contributed by atoms with Gasteiger partial charge in [0.2, 0.25) is 5.91 Å². The molecule has 0 bridgehead atoms. The number of nitrogens with zero attached hydrogens (tertiary/aromatic N) is 2. The monoisotopic (exact) mass is 357 g/mol. The molecule has 2 atom stereocenters. The fourth-order valence-corrected chi connectivity index (χ4v) is 3.95. The fraction of sp³-hybridized carbons (Fsp3) is 0.550. The van der Waals surface area contributed by atoms with Crippen molar-refractivity contribution >= 4 is 17.8 Å². The number of aryl methyl sites for hydroxylation is 1. The van der Waals surface area contributed by atoms with E-state index in [0.717, 1.165) is 35.3 Å². The fourth-order valence-electron chi connectivity index (χ4n) is 3.95. The van der Waals surface area contributed by atoms with Gasteiger partial charge in [0.05, 0.1) is 0 Å². The first-order valence-electron chi connectivity index (χ1n) is 9.27. The Balaban J connectivity index is 1.66. The molecule has 1 aliphatic heterocycles. The zero-order chi connectivity index (χ0) is 18.9. The van der Waals surface area contributed by atoms with Gasteiger partial charge >= 0.3 is 6.03 Å². The van der Waals surface area contributed by atoms with Crippen LogP contribution in [0.3, 0.4) is 0 Å².